The maximum Gasteiger partial charge on any atom is 0.407 e. The lowest BCUT2D eigenvalue weighted by atomic mass is 9.95. The SMILES string of the molecule is O=C(NC[C@@H]1O[C@H](C(=O)O)[C@H](O)[C@H](O)[C@@H]1O)OCC1c2ccccc2-c2ccccc21. The molecule has 9 nitrogen and oxygen atoms in total. The predicted molar refractivity (Wildman–Crippen MR) is 107 cm³/mol. The van der Waals surface area contributed by atoms with Crippen LogP contribution in [0.3, 0.4) is 0 Å². The van der Waals surface area contributed by atoms with E-state index in [2.05, 4.69) is 5.32 Å². The summed E-state index contributed by atoms with van der Waals surface area (Å²) in [6, 6.07) is 15.8. The van der Waals surface area contributed by atoms with E-state index < -0.39 is 42.6 Å². The van der Waals surface area contributed by atoms with Crippen LogP contribution in [0.15, 0.2) is 48.5 Å². The Balaban J connectivity index is 1.37. The van der Waals surface area contributed by atoms with Gasteiger partial charge in [0.05, 0.1) is 0 Å². The number of carbonyl (C=O) groups excluding carboxylic acids is 1. The first-order chi connectivity index (χ1) is 14.9. The summed E-state index contributed by atoms with van der Waals surface area (Å²) in [7, 11) is 0. The Morgan fingerprint density at radius 3 is 2.06 bits per heavy atom. The molecule has 5 atom stereocenters. The molecule has 1 heterocycles. The highest BCUT2D eigenvalue weighted by atomic mass is 16.6. The summed E-state index contributed by atoms with van der Waals surface area (Å²) in [6.45, 7) is -0.210. The molecular weight excluding hydrogens is 406 g/mol. The summed E-state index contributed by atoms with van der Waals surface area (Å²) in [6.07, 6.45) is -8.78. The fraction of sp³-hybridized carbons (Fsp3) is 0.364. The number of rotatable bonds is 5. The molecule has 31 heavy (non-hydrogen) atoms. The Morgan fingerprint density at radius 1 is 0.903 bits per heavy atom. The van der Waals surface area contributed by atoms with E-state index in [1.54, 1.807) is 0 Å². The predicted octanol–water partition coefficient (Wildman–Crippen LogP) is 0.460. The van der Waals surface area contributed by atoms with Gasteiger partial charge in [0.1, 0.15) is 31.0 Å². The Labute approximate surface area is 177 Å². The highest BCUT2D eigenvalue weighted by molar-refractivity contribution is 5.79. The molecular formula is C22H23NO8. The molecule has 1 aliphatic heterocycles. The first kappa shape index (κ1) is 21.3. The molecule has 9 heteroatoms. The Morgan fingerprint density at radius 2 is 1.48 bits per heavy atom. The zero-order chi connectivity index (χ0) is 22.1. The third kappa shape index (κ3) is 4.00. The summed E-state index contributed by atoms with van der Waals surface area (Å²) in [5, 5.41) is 41.1. The van der Waals surface area contributed by atoms with Crippen LogP contribution in [0.2, 0.25) is 0 Å². The number of aliphatic carboxylic acids is 1. The fourth-order valence-corrected chi connectivity index (χ4v) is 4.16. The van der Waals surface area contributed by atoms with Crippen molar-refractivity contribution in [3.8, 4) is 11.1 Å². The van der Waals surface area contributed by atoms with Crippen molar-refractivity contribution >= 4 is 12.1 Å². The molecule has 2 aromatic carbocycles. The van der Waals surface area contributed by atoms with Crippen molar-refractivity contribution in [3.63, 3.8) is 0 Å². The Kier molecular flexibility index (Phi) is 5.92. The van der Waals surface area contributed by atoms with Gasteiger partial charge in [-0.3, -0.25) is 0 Å². The van der Waals surface area contributed by atoms with Gasteiger partial charge in [0.25, 0.3) is 0 Å². The third-order valence-electron chi connectivity index (χ3n) is 5.75. The Bertz CT molecular complexity index is 934. The number of amides is 1. The lowest BCUT2D eigenvalue weighted by Crippen LogP contribution is -2.61. The lowest BCUT2D eigenvalue weighted by Gasteiger charge is -2.38. The van der Waals surface area contributed by atoms with Crippen molar-refractivity contribution < 1.29 is 39.5 Å². The van der Waals surface area contributed by atoms with Gasteiger partial charge in [-0.25, -0.2) is 9.59 Å². The third-order valence-corrected chi connectivity index (χ3v) is 5.75. The second-order valence-corrected chi connectivity index (χ2v) is 7.61. The first-order valence-electron chi connectivity index (χ1n) is 9.89. The molecule has 5 N–H and O–H groups in total. The monoisotopic (exact) mass is 429 g/mol. The normalized spacial score (nSPS) is 27.3. The van der Waals surface area contributed by atoms with Crippen molar-refractivity contribution in [2.24, 2.45) is 0 Å². The van der Waals surface area contributed by atoms with Crippen LogP contribution >= 0.6 is 0 Å². The van der Waals surface area contributed by atoms with Gasteiger partial charge in [0.2, 0.25) is 0 Å². The molecule has 0 bridgehead atoms. The largest absolute Gasteiger partial charge is 0.479 e. The van der Waals surface area contributed by atoms with Crippen molar-refractivity contribution in [2.75, 3.05) is 13.2 Å². The van der Waals surface area contributed by atoms with Crippen LogP contribution in [0.25, 0.3) is 11.1 Å². The van der Waals surface area contributed by atoms with Crippen LogP contribution in [-0.2, 0) is 14.3 Å². The highest BCUT2D eigenvalue weighted by Gasteiger charge is 2.46. The molecule has 1 amide bonds. The van der Waals surface area contributed by atoms with Gasteiger partial charge < -0.3 is 35.2 Å². The highest BCUT2D eigenvalue weighted by Crippen LogP contribution is 2.44. The molecule has 2 aromatic rings. The second kappa shape index (κ2) is 8.64. The summed E-state index contributed by atoms with van der Waals surface area (Å²) < 4.78 is 10.5. The van der Waals surface area contributed by atoms with E-state index in [0.29, 0.717) is 0 Å². The molecule has 0 radical (unpaired) electrons. The quantitative estimate of drug-likeness (QED) is 0.461. The van der Waals surface area contributed by atoms with E-state index in [-0.39, 0.29) is 19.1 Å². The maximum absolute atomic E-state index is 12.2. The van der Waals surface area contributed by atoms with E-state index in [0.717, 1.165) is 22.3 Å². The fourth-order valence-electron chi connectivity index (χ4n) is 4.16. The first-order valence-corrected chi connectivity index (χ1v) is 9.89. The minimum absolute atomic E-state index is 0.0903. The average molecular weight is 429 g/mol. The van der Waals surface area contributed by atoms with Crippen LogP contribution in [0, 0.1) is 0 Å². The van der Waals surface area contributed by atoms with Gasteiger partial charge in [-0.1, -0.05) is 48.5 Å². The van der Waals surface area contributed by atoms with Crippen molar-refractivity contribution in [2.45, 2.75) is 36.4 Å². The van der Waals surface area contributed by atoms with E-state index in [9.17, 15) is 24.9 Å². The Hall–Kier alpha value is -2.98. The summed E-state index contributed by atoms with van der Waals surface area (Å²) in [5.41, 5.74) is 4.31. The number of nitrogens with one attached hydrogen (secondary N) is 1. The van der Waals surface area contributed by atoms with Crippen LogP contribution in [0.4, 0.5) is 4.79 Å². The maximum atomic E-state index is 12.2. The topological polar surface area (TPSA) is 146 Å². The number of hydrogen-bond acceptors (Lipinski definition) is 7. The lowest BCUT2D eigenvalue weighted by molar-refractivity contribution is -0.226. The molecule has 164 valence electrons. The zero-order valence-electron chi connectivity index (χ0n) is 16.4. The second-order valence-electron chi connectivity index (χ2n) is 7.61. The van der Waals surface area contributed by atoms with Gasteiger partial charge in [-0.2, -0.15) is 0 Å². The van der Waals surface area contributed by atoms with Crippen molar-refractivity contribution in [1.29, 1.82) is 0 Å². The van der Waals surface area contributed by atoms with Crippen LogP contribution in [0.1, 0.15) is 17.0 Å². The van der Waals surface area contributed by atoms with Crippen LogP contribution in [0.5, 0.6) is 0 Å². The number of aliphatic hydroxyl groups is 3. The van der Waals surface area contributed by atoms with Crippen molar-refractivity contribution in [3.05, 3.63) is 59.7 Å². The van der Waals surface area contributed by atoms with Crippen LogP contribution in [-0.4, -0.2) is 76.2 Å². The molecule has 0 spiro atoms. The van der Waals surface area contributed by atoms with Gasteiger partial charge in [-0.15, -0.1) is 0 Å². The number of benzene rings is 2. The van der Waals surface area contributed by atoms with Gasteiger partial charge in [0.15, 0.2) is 6.10 Å². The molecule has 1 fully saturated rings. The molecule has 0 saturated carbocycles. The smallest absolute Gasteiger partial charge is 0.407 e. The number of aliphatic hydroxyl groups excluding tert-OH is 3. The minimum atomic E-state index is -1.78. The van der Waals surface area contributed by atoms with E-state index in [4.69, 9.17) is 14.6 Å². The molecule has 1 aliphatic carbocycles. The number of hydrogen-bond donors (Lipinski definition) is 5. The van der Waals surface area contributed by atoms with E-state index in [1.807, 2.05) is 48.5 Å². The number of carboxylic acid groups (broad SMARTS) is 1. The summed E-state index contributed by atoms with van der Waals surface area (Å²) in [4.78, 5) is 23.4. The molecule has 1 saturated heterocycles. The summed E-state index contributed by atoms with van der Waals surface area (Å²) >= 11 is 0. The number of fused-ring (bicyclic) bond motifs is 3. The van der Waals surface area contributed by atoms with E-state index >= 15 is 0 Å². The number of ether oxygens (including phenoxy) is 2. The summed E-state index contributed by atoms with van der Waals surface area (Å²) in [5.74, 6) is -1.60. The number of alkyl carbamates (subject to hydrolysis) is 1. The minimum Gasteiger partial charge on any atom is -0.479 e. The van der Waals surface area contributed by atoms with Gasteiger partial charge >= 0.3 is 12.1 Å². The van der Waals surface area contributed by atoms with Crippen molar-refractivity contribution in [1.82, 2.24) is 5.32 Å². The molecule has 2 aliphatic rings. The van der Waals surface area contributed by atoms with Crippen LogP contribution < -0.4 is 5.32 Å². The average Bonchev–Trinajstić information content (AvgIpc) is 3.09. The number of carbonyl (C=O) groups is 2. The van der Waals surface area contributed by atoms with E-state index in [1.165, 1.54) is 0 Å². The molecule has 4 rings (SSSR count). The standard InChI is InChI=1S/C22H23NO8/c24-17-16(31-20(21(27)28)19(26)18(17)25)9-23-22(29)30-10-15-13-7-3-1-5-11(13)12-6-2-4-8-14(12)15/h1-8,15-20,24-26H,9-10H2,(H,23,29)(H,27,28)/t16-,17+,18+,19+,20-/m0/s1. The zero-order valence-corrected chi connectivity index (χ0v) is 16.4. The number of carboxylic acids is 1. The van der Waals surface area contributed by atoms with Gasteiger partial charge in [0, 0.05) is 12.5 Å². The molecule has 0 aromatic heterocycles. The van der Waals surface area contributed by atoms with Gasteiger partial charge in [-0.05, 0) is 22.3 Å². The molecule has 0 unspecified atom stereocenters.